The molecule has 4 aliphatic carbocycles. The standard InChI is InChI=1S/C33H41NO5/c1-20-5-7-22(8-6-20)16-34-17-24-14-27-26-10-9-23-13-25(36)11-12-31(23,3)30(26)28(37)15-32(27,4)33(24,19-34)29(38)18-39-21(2)35/h5-8,11-13,24,26-28,30,37H,9-10,14-19H2,1-4H3. The monoisotopic (exact) mass is 531 g/mol. The summed E-state index contributed by atoms with van der Waals surface area (Å²) < 4.78 is 5.32. The quantitative estimate of drug-likeness (QED) is 0.566. The molecule has 0 aromatic heterocycles. The van der Waals surface area contributed by atoms with Crippen LogP contribution in [0.25, 0.3) is 0 Å². The van der Waals surface area contributed by atoms with Gasteiger partial charge in [0, 0.05) is 37.9 Å². The second-order valence-electron chi connectivity index (χ2n) is 13.5. The summed E-state index contributed by atoms with van der Waals surface area (Å²) in [6.07, 6.45) is 8.18. The molecule has 5 aliphatic rings. The number of likely N-dealkylation sites (tertiary alicyclic amines) is 1. The molecule has 39 heavy (non-hydrogen) atoms. The highest BCUT2D eigenvalue weighted by Gasteiger charge is 2.73. The maximum atomic E-state index is 14.2. The Hall–Kier alpha value is -2.57. The van der Waals surface area contributed by atoms with E-state index in [2.05, 4.69) is 49.9 Å². The lowest BCUT2D eigenvalue weighted by Gasteiger charge is -2.60. The van der Waals surface area contributed by atoms with Gasteiger partial charge in [-0.1, -0.05) is 55.3 Å². The van der Waals surface area contributed by atoms with E-state index >= 15 is 0 Å². The van der Waals surface area contributed by atoms with Crippen LogP contribution in [0.3, 0.4) is 0 Å². The molecule has 6 heteroatoms. The van der Waals surface area contributed by atoms with E-state index in [1.807, 2.05) is 6.08 Å². The van der Waals surface area contributed by atoms with Gasteiger partial charge in [0.2, 0.25) is 0 Å². The van der Waals surface area contributed by atoms with Crippen molar-refractivity contribution >= 4 is 17.5 Å². The average molecular weight is 532 g/mol. The summed E-state index contributed by atoms with van der Waals surface area (Å²) in [5, 5.41) is 11.9. The van der Waals surface area contributed by atoms with Crippen LogP contribution in [-0.4, -0.2) is 53.3 Å². The normalized spacial score (nSPS) is 40.8. The molecule has 8 atom stereocenters. The van der Waals surface area contributed by atoms with E-state index < -0.39 is 22.9 Å². The number of hydrogen-bond acceptors (Lipinski definition) is 6. The van der Waals surface area contributed by atoms with Gasteiger partial charge in [-0.3, -0.25) is 19.3 Å². The summed E-state index contributed by atoms with van der Waals surface area (Å²) in [5.41, 5.74) is 2.20. The Bertz CT molecular complexity index is 1270. The number of hydrogen-bond donors (Lipinski definition) is 1. The van der Waals surface area contributed by atoms with Crippen LogP contribution in [0.2, 0.25) is 0 Å². The maximum Gasteiger partial charge on any atom is 0.303 e. The molecule has 1 saturated heterocycles. The highest BCUT2D eigenvalue weighted by Crippen LogP contribution is 2.72. The zero-order valence-electron chi connectivity index (χ0n) is 23.6. The fourth-order valence-corrected chi connectivity index (χ4v) is 9.87. The van der Waals surface area contributed by atoms with E-state index in [9.17, 15) is 19.5 Å². The van der Waals surface area contributed by atoms with Crippen LogP contribution in [0.15, 0.2) is 48.1 Å². The van der Waals surface area contributed by atoms with Crippen molar-refractivity contribution in [2.45, 2.75) is 66.0 Å². The van der Waals surface area contributed by atoms with Crippen LogP contribution in [0.5, 0.6) is 0 Å². The Morgan fingerprint density at radius 1 is 1.18 bits per heavy atom. The third-order valence-corrected chi connectivity index (χ3v) is 11.5. The second kappa shape index (κ2) is 9.24. The Kier molecular flexibility index (Phi) is 6.31. The number of benzene rings is 1. The number of aliphatic hydroxyl groups excluding tert-OH is 1. The molecule has 0 amide bonds. The maximum absolute atomic E-state index is 14.2. The predicted octanol–water partition coefficient (Wildman–Crippen LogP) is 4.43. The first-order chi connectivity index (χ1) is 18.5. The first-order valence-electron chi connectivity index (χ1n) is 14.5. The van der Waals surface area contributed by atoms with Crippen LogP contribution in [-0.2, 0) is 25.7 Å². The summed E-state index contributed by atoms with van der Waals surface area (Å²) in [6.45, 7) is 9.89. The fraction of sp³-hybridized carbons (Fsp3) is 0.606. The number of nitrogens with zero attached hydrogens (tertiary/aromatic N) is 1. The molecule has 4 fully saturated rings. The van der Waals surface area contributed by atoms with Crippen molar-refractivity contribution < 1.29 is 24.2 Å². The van der Waals surface area contributed by atoms with Crippen molar-refractivity contribution in [1.29, 1.82) is 0 Å². The number of rotatable bonds is 5. The van der Waals surface area contributed by atoms with Gasteiger partial charge in [0.1, 0.15) is 0 Å². The largest absolute Gasteiger partial charge is 0.458 e. The van der Waals surface area contributed by atoms with Crippen LogP contribution < -0.4 is 0 Å². The predicted molar refractivity (Wildman–Crippen MR) is 147 cm³/mol. The Labute approximate surface area is 231 Å². The van der Waals surface area contributed by atoms with Gasteiger partial charge in [0.05, 0.1) is 11.5 Å². The first-order valence-corrected chi connectivity index (χ1v) is 14.5. The molecule has 208 valence electrons. The van der Waals surface area contributed by atoms with Gasteiger partial charge in [-0.15, -0.1) is 0 Å². The summed E-state index contributed by atoms with van der Waals surface area (Å²) in [6, 6.07) is 8.57. The van der Waals surface area contributed by atoms with E-state index in [4.69, 9.17) is 4.74 Å². The number of aliphatic hydroxyl groups is 1. The molecule has 1 aliphatic heterocycles. The van der Waals surface area contributed by atoms with Gasteiger partial charge in [-0.05, 0) is 73.5 Å². The van der Waals surface area contributed by atoms with Crippen LogP contribution >= 0.6 is 0 Å². The molecular weight excluding hydrogens is 490 g/mol. The number of ketones is 2. The number of Topliss-reactive ketones (excluding diaryl/α,β-unsaturated/α-hetero) is 1. The molecule has 0 spiro atoms. The lowest BCUT2D eigenvalue weighted by atomic mass is 9.44. The zero-order chi connectivity index (χ0) is 27.7. The lowest BCUT2D eigenvalue weighted by molar-refractivity contribution is -0.164. The van der Waals surface area contributed by atoms with Crippen molar-refractivity contribution in [2.24, 2.45) is 39.9 Å². The molecule has 1 heterocycles. The minimum absolute atomic E-state index is 0.00974. The van der Waals surface area contributed by atoms with Crippen molar-refractivity contribution in [3.63, 3.8) is 0 Å². The molecule has 0 radical (unpaired) electrons. The molecule has 6 rings (SSSR count). The van der Waals surface area contributed by atoms with Crippen LogP contribution in [0.1, 0.15) is 57.6 Å². The molecular formula is C33H41NO5. The number of carbonyl (C=O) groups is 3. The molecule has 6 nitrogen and oxygen atoms in total. The van der Waals surface area contributed by atoms with Crippen molar-refractivity contribution in [3.05, 3.63) is 59.2 Å². The van der Waals surface area contributed by atoms with Gasteiger partial charge < -0.3 is 9.84 Å². The first kappa shape index (κ1) is 26.6. The van der Waals surface area contributed by atoms with E-state index in [-0.39, 0.29) is 41.3 Å². The number of allylic oxidation sites excluding steroid dienone is 4. The van der Waals surface area contributed by atoms with Crippen molar-refractivity contribution in [2.75, 3.05) is 19.7 Å². The summed E-state index contributed by atoms with van der Waals surface area (Å²) in [4.78, 5) is 40.5. The number of carbonyl (C=O) groups excluding carboxylic acids is 3. The van der Waals surface area contributed by atoms with Gasteiger partial charge in [0.25, 0.3) is 0 Å². The summed E-state index contributed by atoms with van der Waals surface area (Å²) in [5.74, 6) is 0.359. The highest BCUT2D eigenvalue weighted by molar-refractivity contribution is 6.01. The fourth-order valence-electron chi connectivity index (χ4n) is 9.87. The minimum Gasteiger partial charge on any atom is -0.458 e. The van der Waals surface area contributed by atoms with Gasteiger partial charge in [0.15, 0.2) is 18.2 Å². The van der Waals surface area contributed by atoms with Gasteiger partial charge in [-0.25, -0.2) is 0 Å². The number of esters is 1. The summed E-state index contributed by atoms with van der Waals surface area (Å²) in [7, 11) is 0. The smallest absolute Gasteiger partial charge is 0.303 e. The SMILES string of the molecule is CC(=O)OCC(=O)C12CN(Cc3ccc(C)cc3)CC1CC1C3CCC4=CC(=O)C=CC4(C)C3C(O)CC12C. The highest BCUT2D eigenvalue weighted by atomic mass is 16.5. The minimum atomic E-state index is -0.668. The average Bonchev–Trinajstić information content (AvgIpc) is 3.36. The lowest BCUT2D eigenvalue weighted by Crippen LogP contribution is -2.60. The molecule has 8 unspecified atom stereocenters. The summed E-state index contributed by atoms with van der Waals surface area (Å²) >= 11 is 0. The zero-order valence-corrected chi connectivity index (χ0v) is 23.6. The van der Waals surface area contributed by atoms with Gasteiger partial charge in [-0.2, -0.15) is 0 Å². The Morgan fingerprint density at radius 2 is 1.92 bits per heavy atom. The third-order valence-electron chi connectivity index (χ3n) is 11.5. The Morgan fingerprint density at radius 3 is 2.64 bits per heavy atom. The Balaban J connectivity index is 1.35. The van der Waals surface area contributed by atoms with Crippen LogP contribution in [0.4, 0.5) is 0 Å². The molecule has 1 N–H and O–H groups in total. The van der Waals surface area contributed by atoms with E-state index in [1.54, 1.807) is 12.2 Å². The van der Waals surface area contributed by atoms with E-state index in [1.165, 1.54) is 18.1 Å². The molecule has 3 saturated carbocycles. The van der Waals surface area contributed by atoms with E-state index in [0.717, 1.165) is 37.9 Å². The number of fused-ring (bicyclic) bond motifs is 7. The molecule has 1 aromatic carbocycles. The third kappa shape index (κ3) is 3.93. The molecule has 1 aromatic rings. The van der Waals surface area contributed by atoms with E-state index in [0.29, 0.717) is 18.9 Å². The van der Waals surface area contributed by atoms with Crippen molar-refractivity contribution in [3.8, 4) is 0 Å². The van der Waals surface area contributed by atoms with Gasteiger partial charge >= 0.3 is 5.97 Å². The topological polar surface area (TPSA) is 83.9 Å². The molecule has 0 bridgehead atoms. The number of ether oxygens (including phenoxy) is 1. The number of aryl methyl sites for hydroxylation is 1. The second-order valence-corrected chi connectivity index (χ2v) is 13.5. The van der Waals surface area contributed by atoms with Crippen molar-refractivity contribution in [1.82, 2.24) is 4.90 Å². The van der Waals surface area contributed by atoms with Crippen LogP contribution in [0, 0.1) is 46.8 Å².